The van der Waals surface area contributed by atoms with E-state index in [9.17, 15) is 4.79 Å². The average Bonchev–Trinajstić information content (AvgIpc) is 3.29. The highest BCUT2D eigenvalue weighted by molar-refractivity contribution is 5.94. The SMILES string of the molecule is COc1ccc(/C=N/NC(=O)c2cc(-c3ccc4ccccc4c3)n[nH]2)cc1OC. The number of H-pyrrole nitrogens is 1. The van der Waals surface area contributed by atoms with Gasteiger partial charge in [0.05, 0.1) is 26.1 Å². The number of nitrogens with one attached hydrogen (secondary N) is 2. The molecule has 2 N–H and O–H groups in total. The Kier molecular flexibility index (Phi) is 5.43. The molecule has 4 aromatic rings. The van der Waals surface area contributed by atoms with Gasteiger partial charge in [-0.25, -0.2) is 5.43 Å². The summed E-state index contributed by atoms with van der Waals surface area (Å²) in [6, 6.07) is 21.2. The number of hydrazone groups is 1. The van der Waals surface area contributed by atoms with Gasteiger partial charge in [0.15, 0.2) is 11.5 Å². The first-order valence-corrected chi connectivity index (χ1v) is 9.28. The van der Waals surface area contributed by atoms with Crippen molar-refractivity contribution in [2.75, 3.05) is 14.2 Å². The summed E-state index contributed by atoms with van der Waals surface area (Å²) in [5.74, 6) is 0.824. The summed E-state index contributed by atoms with van der Waals surface area (Å²) < 4.78 is 10.5. The molecule has 0 fully saturated rings. The molecule has 1 amide bonds. The van der Waals surface area contributed by atoms with Crippen molar-refractivity contribution in [3.63, 3.8) is 0 Å². The third-order valence-electron chi connectivity index (χ3n) is 4.66. The van der Waals surface area contributed by atoms with Crippen LogP contribution in [0.15, 0.2) is 71.8 Å². The van der Waals surface area contributed by atoms with Gasteiger partial charge in [0.1, 0.15) is 5.69 Å². The molecule has 0 bridgehead atoms. The lowest BCUT2D eigenvalue weighted by atomic mass is 10.1. The smallest absolute Gasteiger partial charge is 0.289 e. The van der Waals surface area contributed by atoms with Gasteiger partial charge in [-0.2, -0.15) is 10.2 Å². The standard InChI is InChI=1S/C23H20N4O3/c1-29-21-10-7-15(11-22(21)30-2)14-24-27-23(28)20-13-19(25-26-20)18-9-8-16-5-3-4-6-17(16)12-18/h3-14H,1-2H3,(H,25,26)(H,27,28)/b24-14+. The van der Waals surface area contributed by atoms with Gasteiger partial charge >= 0.3 is 0 Å². The normalized spacial score (nSPS) is 11.0. The Morgan fingerprint density at radius 2 is 1.77 bits per heavy atom. The minimum Gasteiger partial charge on any atom is -0.493 e. The number of rotatable bonds is 6. The van der Waals surface area contributed by atoms with E-state index in [4.69, 9.17) is 9.47 Å². The third kappa shape index (κ3) is 4.00. The van der Waals surface area contributed by atoms with E-state index in [0.29, 0.717) is 22.9 Å². The lowest BCUT2D eigenvalue weighted by Crippen LogP contribution is -2.18. The molecule has 0 atom stereocenters. The van der Waals surface area contributed by atoms with Crippen LogP contribution in [0.4, 0.5) is 0 Å². The fourth-order valence-corrected chi connectivity index (χ4v) is 3.09. The summed E-state index contributed by atoms with van der Waals surface area (Å²) in [6.45, 7) is 0. The van der Waals surface area contributed by atoms with Crippen molar-refractivity contribution < 1.29 is 14.3 Å². The van der Waals surface area contributed by atoms with E-state index in [-0.39, 0.29) is 5.91 Å². The quantitative estimate of drug-likeness (QED) is 0.378. The second-order valence-electron chi connectivity index (χ2n) is 6.54. The van der Waals surface area contributed by atoms with Gasteiger partial charge in [-0.1, -0.05) is 36.4 Å². The Labute approximate surface area is 173 Å². The zero-order valence-corrected chi connectivity index (χ0v) is 16.5. The number of ether oxygens (including phenoxy) is 2. The summed E-state index contributed by atoms with van der Waals surface area (Å²) in [5, 5.41) is 13.3. The van der Waals surface area contributed by atoms with E-state index < -0.39 is 0 Å². The van der Waals surface area contributed by atoms with Crippen molar-refractivity contribution in [3.8, 4) is 22.8 Å². The molecule has 0 saturated heterocycles. The van der Waals surface area contributed by atoms with Gasteiger partial charge < -0.3 is 9.47 Å². The zero-order valence-electron chi connectivity index (χ0n) is 16.5. The average molecular weight is 400 g/mol. The van der Waals surface area contributed by atoms with Gasteiger partial charge in [-0.05, 0) is 46.7 Å². The second kappa shape index (κ2) is 8.48. The molecule has 0 spiro atoms. The molecular weight excluding hydrogens is 380 g/mol. The Bertz CT molecular complexity index is 1230. The number of carbonyl (C=O) groups is 1. The molecule has 0 aliphatic rings. The van der Waals surface area contributed by atoms with Crippen molar-refractivity contribution >= 4 is 22.9 Å². The second-order valence-corrected chi connectivity index (χ2v) is 6.54. The van der Waals surface area contributed by atoms with Crippen LogP contribution in [0.25, 0.3) is 22.0 Å². The van der Waals surface area contributed by atoms with Crippen LogP contribution in [0.5, 0.6) is 11.5 Å². The lowest BCUT2D eigenvalue weighted by Gasteiger charge is -2.07. The molecule has 0 aliphatic heterocycles. The highest BCUT2D eigenvalue weighted by atomic mass is 16.5. The number of amides is 1. The maximum atomic E-state index is 12.4. The molecule has 0 aliphatic carbocycles. The molecule has 1 heterocycles. The van der Waals surface area contributed by atoms with Gasteiger partial charge in [0, 0.05) is 5.56 Å². The van der Waals surface area contributed by atoms with Crippen LogP contribution in [0.1, 0.15) is 16.1 Å². The molecule has 0 unspecified atom stereocenters. The monoisotopic (exact) mass is 400 g/mol. The maximum Gasteiger partial charge on any atom is 0.289 e. The highest BCUT2D eigenvalue weighted by Gasteiger charge is 2.11. The molecule has 0 radical (unpaired) electrons. The molecular formula is C23H20N4O3. The number of benzene rings is 3. The van der Waals surface area contributed by atoms with E-state index in [0.717, 1.165) is 21.9 Å². The number of hydrogen-bond acceptors (Lipinski definition) is 5. The van der Waals surface area contributed by atoms with Gasteiger partial charge in [0.2, 0.25) is 0 Å². The summed E-state index contributed by atoms with van der Waals surface area (Å²) in [7, 11) is 3.13. The maximum absolute atomic E-state index is 12.4. The van der Waals surface area contributed by atoms with E-state index in [2.05, 4.69) is 26.8 Å². The van der Waals surface area contributed by atoms with E-state index >= 15 is 0 Å². The number of carbonyl (C=O) groups excluding carboxylic acids is 1. The van der Waals surface area contributed by atoms with Crippen LogP contribution in [0, 0.1) is 0 Å². The molecule has 7 heteroatoms. The highest BCUT2D eigenvalue weighted by Crippen LogP contribution is 2.27. The number of aromatic nitrogens is 2. The first kappa shape index (κ1) is 19.2. The first-order chi connectivity index (χ1) is 14.7. The van der Waals surface area contributed by atoms with E-state index in [1.54, 1.807) is 32.4 Å². The van der Waals surface area contributed by atoms with Crippen molar-refractivity contribution in [1.29, 1.82) is 0 Å². The van der Waals surface area contributed by atoms with Crippen LogP contribution in [-0.2, 0) is 0 Å². The van der Waals surface area contributed by atoms with Crippen LogP contribution in [-0.4, -0.2) is 36.5 Å². The van der Waals surface area contributed by atoms with Crippen molar-refractivity contribution in [3.05, 3.63) is 78.0 Å². The van der Waals surface area contributed by atoms with E-state index in [1.807, 2.05) is 42.5 Å². The largest absolute Gasteiger partial charge is 0.493 e. The predicted molar refractivity (Wildman–Crippen MR) is 116 cm³/mol. The van der Waals surface area contributed by atoms with Crippen LogP contribution >= 0.6 is 0 Å². The molecule has 4 rings (SSSR count). The third-order valence-corrected chi connectivity index (χ3v) is 4.66. The fraction of sp³-hybridized carbons (Fsp3) is 0.0870. The first-order valence-electron chi connectivity index (χ1n) is 9.28. The van der Waals surface area contributed by atoms with Crippen LogP contribution < -0.4 is 14.9 Å². The van der Waals surface area contributed by atoms with Gasteiger partial charge in [0.25, 0.3) is 5.91 Å². The Morgan fingerprint density at radius 3 is 2.57 bits per heavy atom. The molecule has 0 saturated carbocycles. The topological polar surface area (TPSA) is 88.6 Å². The number of nitrogens with zero attached hydrogens (tertiary/aromatic N) is 2. The van der Waals surface area contributed by atoms with Gasteiger partial charge in [-0.15, -0.1) is 0 Å². The minimum absolute atomic E-state index is 0.322. The minimum atomic E-state index is -0.383. The number of fused-ring (bicyclic) bond motifs is 1. The zero-order chi connectivity index (χ0) is 20.9. The number of aromatic amines is 1. The van der Waals surface area contributed by atoms with Crippen molar-refractivity contribution in [2.24, 2.45) is 5.10 Å². The Morgan fingerprint density at radius 1 is 0.967 bits per heavy atom. The van der Waals surface area contributed by atoms with Gasteiger partial charge in [-0.3, -0.25) is 9.89 Å². The Hall–Kier alpha value is -4.13. The van der Waals surface area contributed by atoms with E-state index in [1.165, 1.54) is 6.21 Å². The summed E-state index contributed by atoms with van der Waals surface area (Å²) >= 11 is 0. The molecule has 1 aromatic heterocycles. The Balaban J connectivity index is 1.45. The molecule has 30 heavy (non-hydrogen) atoms. The summed E-state index contributed by atoms with van der Waals surface area (Å²) in [5.41, 5.74) is 5.19. The number of hydrogen-bond donors (Lipinski definition) is 2. The lowest BCUT2D eigenvalue weighted by molar-refractivity contribution is 0.0950. The van der Waals surface area contributed by atoms with Crippen LogP contribution in [0.2, 0.25) is 0 Å². The van der Waals surface area contributed by atoms with Crippen molar-refractivity contribution in [2.45, 2.75) is 0 Å². The molecule has 150 valence electrons. The fourth-order valence-electron chi connectivity index (χ4n) is 3.09. The van der Waals surface area contributed by atoms with Crippen LogP contribution in [0.3, 0.4) is 0 Å². The summed E-state index contributed by atoms with van der Waals surface area (Å²) in [6.07, 6.45) is 1.53. The summed E-state index contributed by atoms with van der Waals surface area (Å²) in [4.78, 5) is 12.4. The predicted octanol–water partition coefficient (Wildman–Crippen LogP) is 4.01. The number of methoxy groups -OCH3 is 2. The molecule has 7 nitrogen and oxygen atoms in total. The molecule has 3 aromatic carbocycles. The van der Waals surface area contributed by atoms with Crippen molar-refractivity contribution in [1.82, 2.24) is 15.6 Å².